The van der Waals surface area contributed by atoms with E-state index < -0.39 is 0 Å². The van der Waals surface area contributed by atoms with E-state index in [1.54, 1.807) is 24.5 Å². The quantitative estimate of drug-likeness (QED) is 0.258. The molecule has 1 N–H and O–H groups in total. The standard InChI is InChI=1S/C24H27N7O2/c32-31(33)22-9-7-21(8-10-22)19-28-24(27-14-11-20-5-2-1-3-6-20)30-17-15-29(16-18-30)23-25-12-4-13-26-23/h1-10,12-13H,11,14-19H2,(H,27,28). The van der Waals surface area contributed by atoms with Crippen LogP contribution in [0.2, 0.25) is 0 Å². The molecule has 0 saturated carbocycles. The minimum absolute atomic E-state index is 0.0863. The number of aliphatic imine (C=N–C) groups is 1. The van der Waals surface area contributed by atoms with Gasteiger partial charge < -0.3 is 15.1 Å². The molecule has 0 bridgehead atoms. The number of nitrogens with zero attached hydrogens (tertiary/aromatic N) is 6. The second-order valence-electron chi connectivity index (χ2n) is 7.75. The summed E-state index contributed by atoms with van der Waals surface area (Å²) in [5.41, 5.74) is 2.29. The van der Waals surface area contributed by atoms with Crippen molar-refractivity contribution in [1.82, 2.24) is 20.2 Å². The van der Waals surface area contributed by atoms with Gasteiger partial charge in [-0.3, -0.25) is 10.1 Å². The zero-order valence-electron chi connectivity index (χ0n) is 18.4. The molecular formula is C24H27N7O2. The van der Waals surface area contributed by atoms with Gasteiger partial charge in [-0.05, 0) is 23.6 Å². The lowest BCUT2D eigenvalue weighted by Crippen LogP contribution is -2.53. The summed E-state index contributed by atoms with van der Waals surface area (Å²) in [7, 11) is 0. The molecule has 9 nitrogen and oxygen atoms in total. The molecule has 0 amide bonds. The summed E-state index contributed by atoms with van der Waals surface area (Å²) >= 11 is 0. The number of nitrogens with one attached hydrogen (secondary N) is 1. The van der Waals surface area contributed by atoms with Gasteiger partial charge in [0, 0.05) is 57.3 Å². The Morgan fingerprint density at radius 1 is 0.939 bits per heavy atom. The number of anilines is 1. The molecule has 0 spiro atoms. The number of hydrogen-bond acceptors (Lipinski definition) is 6. The van der Waals surface area contributed by atoms with Crippen LogP contribution in [0.3, 0.4) is 0 Å². The van der Waals surface area contributed by atoms with Crippen LogP contribution in [0.15, 0.2) is 78.0 Å². The van der Waals surface area contributed by atoms with Gasteiger partial charge in [-0.15, -0.1) is 0 Å². The Labute approximate surface area is 193 Å². The lowest BCUT2D eigenvalue weighted by Gasteiger charge is -2.36. The van der Waals surface area contributed by atoms with E-state index >= 15 is 0 Å². The maximum atomic E-state index is 10.9. The number of nitro groups is 1. The maximum Gasteiger partial charge on any atom is 0.269 e. The van der Waals surface area contributed by atoms with E-state index in [9.17, 15) is 10.1 Å². The third-order valence-corrected chi connectivity index (χ3v) is 5.51. The van der Waals surface area contributed by atoms with Crippen LogP contribution < -0.4 is 10.2 Å². The molecule has 1 aliphatic rings. The van der Waals surface area contributed by atoms with Crippen molar-refractivity contribution in [2.75, 3.05) is 37.6 Å². The number of aromatic nitrogens is 2. The van der Waals surface area contributed by atoms with Gasteiger partial charge in [-0.25, -0.2) is 15.0 Å². The second kappa shape index (κ2) is 11.0. The number of piperazine rings is 1. The molecule has 1 aliphatic heterocycles. The second-order valence-corrected chi connectivity index (χ2v) is 7.75. The maximum absolute atomic E-state index is 10.9. The molecule has 9 heteroatoms. The lowest BCUT2D eigenvalue weighted by atomic mass is 10.1. The Morgan fingerprint density at radius 2 is 1.64 bits per heavy atom. The summed E-state index contributed by atoms with van der Waals surface area (Å²) in [5.74, 6) is 1.59. The molecule has 3 aromatic rings. The molecule has 2 aromatic carbocycles. The van der Waals surface area contributed by atoms with Gasteiger partial charge in [0.05, 0.1) is 11.5 Å². The highest BCUT2D eigenvalue weighted by atomic mass is 16.6. The summed E-state index contributed by atoms with van der Waals surface area (Å²) < 4.78 is 0. The Morgan fingerprint density at radius 3 is 2.30 bits per heavy atom. The first-order valence-corrected chi connectivity index (χ1v) is 11.0. The highest BCUT2D eigenvalue weighted by Crippen LogP contribution is 2.14. The fourth-order valence-corrected chi connectivity index (χ4v) is 3.69. The van der Waals surface area contributed by atoms with Crippen LogP contribution in [-0.2, 0) is 13.0 Å². The Balaban J connectivity index is 1.41. The van der Waals surface area contributed by atoms with Crippen LogP contribution in [0.25, 0.3) is 0 Å². The predicted molar refractivity (Wildman–Crippen MR) is 128 cm³/mol. The highest BCUT2D eigenvalue weighted by molar-refractivity contribution is 5.80. The lowest BCUT2D eigenvalue weighted by molar-refractivity contribution is -0.384. The average Bonchev–Trinajstić information content (AvgIpc) is 2.87. The SMILES string of the molecule is O=[N+]([O-])c1ccc(CN=C(NCCc2ccccc2)N2CCN(c3ncccn3)CC2)cc1. The third kappa shape index (κ3) is 6.25. The molecular weight excluding hydrogens is 418 g/mol. The molecule has 4 rings (SSSR count). The van der Waals surface area contributed by atoms with E-state index in [1.807, 2.05) is 24.3 Å². The van der Waals surface area contributed by atoms with Crippen molar-refractivity contribution < 1.29 is 4.92 Å². The topological polar surface area (TPSA) is 99.8 Å². The molecule has 33 heavy (non-hydrogen) atoms. The summed E-state index contributed by atoms with van der Waals surface area (Å²) in [6, 6.07) is 18.7. The van der Waals surface area contributed by atoms with Crippen molar-refractivity contribution >= 4 is 17.6 Å². The van der Waals surface area contributed by atoms with Gasteiger partial charge in [0.1, 0.15) is 0 Å². The van der Waals surface area contributed by atoms with Crippen LogP contribution in [0.1, 0.15) is 11.1 Å². The van der Waals surface area contributed by atoms with Crippen molar-refractivity contribution in [3.05, 3.63) is 94.3 Å². The zero-order chi connectivity index (χ0) is 22.9. The van der Waals surface area contributed by atoms with Crippen molar-refractivity contribution in [2.45, 2.75) is 13.0 Å². The molecule has 0 unspecified atom stereocenters. The first-order chi connectivity index (χ1) is 16.2. The van der Waals surface area contributed by atoms with Gasteiger partial charge in [-0.2, -0.15) is 0 Å². The number of rotatable bonds is 7. The Bertz CT molecular complexity index is 1050. The molecule has 1 saturated heterocycles. The third-order valence-electron chi connectivity index (χ3n) is 5.51. The van der Waals surface area contributed by atoms with E-state index in [4.69, 9.17) is 4.99 Å². The number of guanidine groups is 1. The monoisotopic (exact) mass is 445 g/mol. The number of benzene rings is 2. The Kier molecular flexibility index (Phi) is 7.42. The van der Waals surface area contributed by atoms with Crippen LogP contribution in [-0.4, -0.2) is 58.5 Å². The summed E-state index contributed by atoms with van der Waals surface area (Å²) in [6.45, 7) is 4.44. The van der Waals surface area contributed by atoms with Gasteiger partial charge in [0.25, 0.3) is 5.69 Å². The summed E-state index contributed by atoms with van der Waals surface area (Å²) in [5, 5.41) is 14.4. The van der Waals surface area contributed by atoms with Crippen LogP contribution in [0.5, 0.6) is 0 Å². The van der Waals surface area contributed by atoms with Gasteiger partial charge in [0.15, 0.2) is 5.96 Å². The van der Waals surface area contributed by atoms with Gasteiger partial charge in [0.2, 0.25) is 5.95 Å². The zero-order valence-corrected chi connectivity index (χ0v) is 18.4. The summed E-state index contributed by atoms with van der Waals surface area (Å²) in [6.07, 6.45) is 4.42. The van der Waals surface area contributed by atoms with Crippen molar-refractivity contribution in [1.29, 1.82) is 0 Å². The summed E-state index contributed by atoms with van der Waals surface area (Å²) in [4.78, 5) is 28.5. The first-order valence-electron chi connectivity index (χ1n) is 11.0. The van der Waals surface area contributed by atoms with Gasteiger partial charge >= 0.3 is 0 Å². The minimum Gasteiger partial charge on any atom is -0.356 e. The molecule has 0 radical (unpaired) electrons. The van der Waals surface area contributed by atoms with Crippen molar-refractivity contribution in [3.8, 4) is 0 Å². The normalized spacial score (nSPS) is 14.2. The van der Waals surface area contributed by atoms with Crippen LogP contribution >= 0.6 is 0 Å². The smallest absolute Gasteiger partial charge is 0.269 e. The minimum atomic E-state index is -0.389. The fourth-order valence-electron chi connectivity index (χ4n) is 3.69. The van der Waals surface area contributed by atoms with Crippen LogP contribution in [0, 0.1) is 10.1 Å². The average molecular weight is 446 g/mol. The number of non-ortho nitro benzene ring substituents is 1. The van der Waals surface area contributed by atoms with E-state index in [0.29, 0.717) is 6.54 Å². The van der Waals surface area contributed by atoms with E-state index in [2.05, 4.69) is 37.2 Å². The molecule has 0 atom stereocenters. The van der Waals surface area contributed by atoms with E-state index in [0.717, 1.165) is 56.6 Å². The molecule has 2 heterocycles. The van der Waals surface area contributed by atoms with Gasteiger partial charge in [-0.1, -0.05) is 42.5 Å². The van der Waals surface area contributed by atoms with Crippen LogP contribution in [0.4, 0.5) is 11.6 Å². The number of hydrogen-bond donors (Lipinski definition) is 1. The molecule has 170 valence electrons. The van der Waals surface area contributed by atoms with E-state index in [1.165, 1.54) is 17.7 Å². The molecule has 1 fully saturated rings. The van der Waals surface area contributed by atoms with Crippen molar-refractivity contribution in [2.24, 2.45) is 4.99 Å². The fraction of sp³-hybridized carbons (Fsp3) is 0.292. The Hall–Kier alpha value is -4.01. The molecule has 0 aliphatic carbocycles. The van der Waals surface area contributed by atoms with E-state index in [-0.39, 0.29) is 10.6 Å². The first kappa shape index (κ1) is 22.2. The number of nitro benzene ring substituents is 1. The highest BCUT2D eigenvalue weighted by Gasteiger charge is 2.21. The predicted octanol–water partition coefficient (Wildman–Crippen LogP) is 2.90. The molecule has 1 aromatic heterocycles. The van der Waals surface area contributed by atoms with Crippen molar-refractivity contribution in [3.63, 3.8) is 0 Å². The largest absolute Gasteiger partial charge is 0.356 e.